The highest BCUT2D eigenvalue weighted by Crippen LogP contribution is 2.22. The number of hydrogen-bond acceptors (Lipinski definition) is 3. The van der Waals surface area contributed by atoms with E-state index in [2.05, 4.69) is 15.8 Å². The first-order chi connectivity index (χ1) is 10.8. The zero-order chi connectivity index (χ0) is 15.6. The fourth-order valence-electron chi connectivity index (χ4n) is 1.76. The number of rotatable bonds is 5. The lowest BCUT2D eigenvalue weighted by atomic mass is 10.2. The van der Waals surface area contributed by atoms with E-state index in [1.54, 1.807) is 13.3 Å². The molecule has 0 atom stereocenters. The van der Waals surface area contributed by atoms with Gasteiger partial charge in [0.1, 0.15) is 5.75 Å². The number of nitrogens with one attached hydrogen (secondary N) is 2. The minimum atomic E-state index is 0.397. The van der Waals surface area contributed by atoms with Crippen molar-refractivity contribution in [1.82, 2.24) is 5.43 Å². The quantitative estimate of drug-likeness (QED) is 0.502. The molecule has 2 N–H and O–H groups in total. The van der Waals surface area contributed by atoms with Gasteiger partial charge in [-0.2, -0.15) is 5.10 Å². The summed E-state index contributed by atoms with van der Waals surface area (Å²) in [5.74, 6) is 0.722. The first kappa shape index (κ1) is 15.7. The molecular weight excluding hydrogens is 294 g/mol. The van der Waals surface area contributed by atoms with Gasteiger partial charge in [-0.1, -0.05) is 48.5 Å². The van der Waals surface area contributed by atoms with Crippen LogP contribution in [0.25, 0.3) is 6.08 Å². The molecule has 0 spiro atoms. The fraction of sp³-hybridized carbons (Fsp3) is 0.0588. The topological polar surface area (TPSA) is 45.6 Å². The first-order valence-corrected chi connectivity index (χ1v) is 7.15. The number of hydrazone groups is 1. The lowest BCUT2D eigenvalue weighted by Gasteiger charge is -2.10. The molecule has 0 aliphatic heterocycles. The zero-order valence-electron chi connectivity index (χ0n) is 12.2. The van der Waals surface area contributed by atoms with E-state index in [0.717, 1.165) is 17.0 Å². The molecule has 0 radical (unpaired) electrons. The third-order valence-electron chi connectivity index (χ3n) is 2.77. The average molecular weight is 311 g/mol. The van der Waals surface area contributed by atoms with E-state index in [0.29, 0.717) is 5.11 Å². The Morgan fingerprint density at radius 2 is 1.82 bits per heavy atom. The van der Waals surface area contributed by atoms with Gasteiger partial charge in [0, 0.05) is 6.21 Å². The van der Waals surface area contributed by atoms with Crippen LogP contribution in [0.2, 0.25) is 0 Å². The van der Waals surface area contributed by atoms with Crippen molar-refractivity contribution < 1.29 is 4.74 Å². The number of nitrogens with zero attached hydrogens (tertiary/aromatic N) is 1. The molecule has 112 valence electrons. The van der Waals surface area contributed by atoms with Gasteiger partial charge in [0.25, 0.3) is 0 Å². The van der Waals surface area contributed by atoms with E-state index in [1.807, 2.05) is 66.7 Å². The van der Waals surface area contributed by atoms with Crippen molar-refractivity contribution in [2.45, 2.75) is 0 Å². The normalized spacial score (nSPS) is 10.8. The molecule has 0 aromatic heterocycles. The molecule has 0 unspecified atom stereocenters. The molecule has 0 fully saturated rings. The largest absolute Gasteiger partial charge is 0.495 e. The summed E-state index contributed by atoms with van der Waals surface area (Å²) in [4.78, 5) is 0. The fourth-order valence-corrected chi connectivity index (χ4v) is 1.92. The molecule has 0 heterocycles. The Bertz CT molecular complexity index is 669. The van der Waals surface area contributed by atoms with Crippen molar-refractivity contribution in [3.8, 4) is 5.75 Å². The van der Waals surface area contributed by atoms with Crippen molar-refractivity contribution in [1.29, 1.82) is 0 Å². The van der Waals surface area contributed by atoms with Crippen LogP contribution in [0.3, 0.4) is 0 Å². The summed E-state index contributed by atoms with van der Waals surface area (Å²) in [6.45, 7) is 0. The van der Waals surface area contributed by atoms with E-state index in [1.165, 1.54) is 0 Å². The van der Waals surface area contributed by atoms with Gasteiger partial charge in [-0.3, -0.25) is 5.43 Å². The third kappa shape index (κ3) is 5.03. The number of benzene rings is 2. The summed E-state index contributed by atoms with van der Waals surface area (Å²) in [7, 11) is 1.61. The molecule has 2 aromatic rings. The Kier molecular flexibility index (Phi) is 6.14. The summed E-state index contributed by atoms with van der Waals surface area (Å²) in [5.41, 5.74) is 4.66. The number of thiocarbonyl (C=S) groups is 1. The lowest BCUT2D eigenvalue weighted by Crippen LogP contribution is -2.23. The summed E-state index contributed by atoms with van der Waals surface area (Å²) < 4.78 is 5.24. The second-order valence-corrected chi connectivity index (χ2v) is 4.72. The van der Waals surface area contributed by atoms with Crippen molar-refractivity contribution in [2.75, 3.05) is 12.4 Å². The standard InChI is InChI=1S/C17H17N3OS/c1-21-16-12-6-5-11-15(16)19-17(22)20-18-13-7-10-14-8-3-2-4-9-14/h2-13H,1H3,(H2,19,20,22). The van der Waals surface area contributed by atoms with Crippen molar-refractivity contribution in [2.24, 2.45) is 5.10 Å². The molecule has 22 heavy (non-hydrogen) atoms. The van der Waals surface area contributed by atoms with E-state index >= 15 is 0 Å². The van der Waals surface area contributed by atoms with Crippen LogP contribution < -0.4 is 15.5 Å². The van der Waals surface area contributed by atoms with Crippen molar-refractivity contribution >= 4 is 35.3 Å². The molecule has 5 heteroatoms. The van der Waals surface area contributed by atoms with Crippen LogP contribution in [0.1, 0.15) is 5.56 Å². The Morgan fingerprint density at radius 3 is 2.59 bits per heavy atom. The zero-order valence-corrected chi connectivity index (χ0v) is 13.0. The molecule has 0 amide bonds. The van der Waals surface area contributed by atoms with Crippen LogP contribution in [-0.2, 0) is 0 Å². The van der Waals surface area contributed by atoms with E-state index in [-0.39, 0.29) is 0 Å². The van der Waals surface area contributed by atoms with E-state index in [4.69, 9.17) is 17.0 Å². The van der Waals surface area contributed by atoms with Crippen molar-refractivity contribution in [3.63, 3.8) is 0 Å². The summed E-state index contributed by atoms with van der Waals surface area (Å²) >= 11 is 5.17. The number of para-hydroxylation sites is 2. The van der Waals surface area contributed by atoms with Gasteiger partial charge >= 0.3 is 0 Å². The molecule has 0 aliphatic rings. The lowest BCUT2D eigenvalue weighted by molar-refractivity contribution is 0.417. The number of hydrogen-bond donors (Lipinski definition) is 2. The van der Waals surface area contributed by atoms with Gasteiger partial charge in [0.2, 0.25) is 0 Å². The Balaban J connectivity index is 1.82. The number of methoxy groups -OCH3 is 1. The van der Waals surface area contributed by atoms with Gasteiger partial charge < -0.3 is 10.1 Å². The average Bonchev–Trinajstić information content (AvgIpc) is 2.56. The van der Waals surface area contributed by atoms with Crippen LogP contribution >= 0.6 is 12.2 Å². The molecule has 0 saturated heterocycles. The van der Waals surface area contributed by atoms with Crippen LogP contribution in [0, 0.1) is 0 Å². The monoisotopic (exact) mass is 311 g/mol. The van der Waals surface area contributed by atoms with Crippen LogP contribution in [0.5, 0.6) is 5.75 Å². The van der Waals surface area contributed by atoms with Crippen LogP contribution in [0.4, 0.5) is 5.69 Å². The maximum Gasteiger partial charge on any atom is 0.191 e. The third-order valence-corrected chi connectivity index (χ3v) is 2.96. The predicted octanol–water partition coefficient (Wildman–Crippen LogP) is 3.68. The molecule has 2 rings (SSSR count). The predicted molar refractivity (Wildman–Crippen MR) is 96.3 cm³/mol. The van der Waals surface area contributed by atoms with E-state index in [9.17, 15) is 0 Å². The molecular formula is C17H17N3OS. The minimum Gasteiger partial charge on any atom is -0.495 e. The van der Waals surface area contributed by atoms with Gasteiger partial charge in [-0.15, -0.1) is 0 Å². The van der Waals surface area contributed by atoms with Gasteiger partial charge in [-0.05, 0) is 36.0 Å². The first-order valence-electron chi connectivity index (χ1n) is 6.74. The number of ether oxygens (including phenoxy) is 1. The summed E-state index contributed by atoms with van der Waals surface area (Å²) in [6.07, 6.45) is 5.44. The number of anilines is 1. The highest BCUT2D eigenvalue weighted by Gasteiger charge is 2.02. The SMILES string of the molecule is COc1ccccc1NC(=S)NN=CC=Cc1ccccc1. The summed E-state index contributed by atoms with van der Waals surface area (Å²) in [6, 6.07) is 17.5. The smallest absolute Gasteiger partial charge is 0.191 e. The molecule has 4 nitrogen and oxygen atoms in total. The molecule has 0 bridgehead atoms. The minimum absolute atomic E-state index is 0.397. The maximum absolute atomic E-state index is 5.24. The summed E-state index contributed by atoms with van der Waals surface area (Å²) in [5, 5.41) is 7.46. The highest BCUT2D eigenvalue weighted by molar-refractivity contribution is 7.80. The van der Waals surface area contributed by atoms with Crippen LogP contribution in [0.15, 0.2) is 65.8 Å². The number of allylic oxidation sites excluding steroid dienone is 1. The Hall–Kier alpha value is -2.66. The second-order valence-electron chi connectivity index (χ2n) is 4.31. The van der Waals surface area contributed by atoms with E-state index < -0.39 is 0 Å². The molecule has 0 aliphatic carbocycles. The second kappa shape index (κ2) is 8.59. The van der Waals surface area contributed by atoms with Crippen molar-refractivity contribution in [3.05, 3.63) is 66.2 Å². The Labute approximate surface area is 135 Å². The molecule has 0 saturated carbocycles. The van der Waals surface area contributed by atoms with Crippen LogP contribution in [-0.4, -0.2) is 18.4 Å². The highest BCUT2D eigenvalue weighted by atomic mass is 32.1. The Morgan fingerprint density at radius 1 is 1.09 bits per heavy atom. The maximum atomic E-state index is 5.24. The molecule has 2 aromatic carbocycles. The van der Waals surface area contributed by atoms with Gasteiger partial charge in [0.15, 0.2) is 5.11 Å². The van der Waals surface area contributed by atoms with Gasteiger partial charge in [-0.25, -0.2) is 0 Å². The van der Waals surface area contributed by atoms with Gasteiger partial charge in [0.05, 0.1) is 12.8 Å².